The highest BCUT2D eigenvalue weighted by Gasteiger charge is 2.45. The quantitative estimate of drug-likeness (QED) is 0.433. The van der Waals surface area contributed by atoms with Crippen molar-refractivity contribution in [3.8, 4) is 5.75 Å². The van der Waals surface area contributed by atoms with E-state index in [0.717, 1.165) is 5.56 Å². The fourth-order valence-electron chi connectivity index (χ4n) is 6.16. The van der Waals surface area contributed by atoms with Gasteiger partial charge in [0.15, 0.2) is 0 Å². The summed E-state index contributed by atoms with van der Waals surface area (Å²) in [5, 5.41) is 5.77. The maximum atomic E-state index is 17.0. The summed E-state index contributed by atoms with van der Waals surface area (Å²) in [6.07, 6.45) is 3.16. The molecule has 228 valence electrons. The summed E-state index contributed by atoms with van der Waals surface area (Å²) in [6.45, 7) is 6.74. The number of nitrogens with one attached hydrogen (secondary N) is 2. The molecule has 3 aliphatic rings. The van der Waals surface area contributed by atoms with Gasteiger partial charge in [-0.2, -0.15) is 0 Å². The molecule has 2 aromatic carbocycles. The van der Waals surface area contributed by atoms with E-state index in [1.165, 1.54) is 19.3 Å². The molecule has 2 aliphatic heterocycles. The Kier molecular flexibility index (Phi) is 8.87. The van der Waals surface area contributed by atoms with Crippen LogP contribution >= 0.6 is 0 Å². The number of piperazine rings is 1. The third-order valence-electron chi connectivity index (χ3n) is 8.35. The molecule has 43 heavy (non-hydrogen) atoms. The Morgan fingerprint density at radius 1 is 1.07 bits per heavy atom. The normalized spacial score (nSPS) is 20.4. The Balaban J connectivity index is 1.58. The first-order valence-corrected chi connectivity index (χ1v) is 14.5. The second-order valence-corrected chi connectivity index (χ2v) is 11.2. The van der Waals surface area contributed by atoms with Crippen LogP contribution in [0.4, 0.5) is 13.6 Å². The number of urea groups is 1. The van der Waals surface area contributed by atoms with Gasteiger partial charge in [-0.3, -0.25) is 4.79 Å². The fraction of sp³-hybridized carbons (Fsp3) is 0.394. The van der Waals surface area contributed by atoms with E-state index in [2.05, 4.69) is 10.6 Å². The number of ether oxygens (including phenoxy) is 2. The maximum Gasteiger partial charge on any atom is 0.317 e. The third kappa shape index (κ3) is 5.76. The van der Waals surface area contributed by atoms with Gasteiger partial charge in [-0.15, -0.1) is 0 Å². The predicted octanol–water partition coefficient (Wildman–Crippen LogP) is 4.74. The number of carbonyl (C=O) groups is 2. The molecule has 0 saturated carbocycles. The molecule has 0 aromatic heterocycles. The molecular formula is C33H38F2N4O4. The molecule has 1 aliphatic carbocycles. The van der Waals surface area contributed by atoms with Gasteiger partial charge < -0.3 is 29.9 Å². The van der Waals surface area contributed by atoms with E-state index >= 15 is 8.78 Å². The van der Waals surface area contributed by atoms with E-state index in [-0.39, 0.29) is 29.8 Å². The van der Waals surface area contributed by atoms with Crippen molar-refractivity contribution in [3.63, 3.8) is 0 Å². The number of hydrogen-bond donors (Lipinski definition) is 2. The summed E-state index contributed by atoms with van der Waals surface area (Å²) in [4.78, 5) is 29.4. The Bertz CT molecular complexity index is 1490. The number of rotatable bonds is 8. The minimum atomic E-state index is -1.62. The molecule has 2 N–H and O–H groups in total. The zero-order chi connectivity index (χ0) is 30.7. The van der Waals surface area contributed by atoms with E-state index < -0.39 is 17.1 Å². The maximum absolute atomic E-state index is 17.0. The first-order chi connectivity index (χ1) is 20.7. The van der Waals surface area contributed by atoms with Crippen LogP contribution in [0.15, 0.2) is 77.4 Å². The largest absolute Gasteiger partial charge is 0.497 e. The van der Waals surface area contributed by atoms with Crippen molar-refractivity contribution in [2.24, 2.45) is 0 Å². The number of hydrogen-bond acceptors (Lipinski definition) is 5. The van der Waals surface area contributed by atoms with Gasteiger partial charge in [0.05, 0.1) is 25.6 Å². The smallest absolute Gasteiger partial charge is 0.317 e. The Morgan fingerprint density at radius 3 is 2.49 bits per heavy atom. The summed E-state index contributed by atoms with van der Waals surface area (Å²) >= 11 is 0. The van der Waals surface area contributed by atoms with E-state index in [1.807, 2.05) is 43.0 Å². The highest BCUT2D eigenvalue weighted by Crippen LogP contribution is 2.50. The molecule has 8 nitrogen and oxygen atoms in total. The van der Waals surface area contributed by atoms with Gasteiger partial charge in [0.1, 0.15) is 17.4 Å². The number of carbonyl (C=O) groups excluding carboxylic acids is 2. The highest BCUT2D eigenvalue weighted by atomic mass is 19.1. The lowest BCUT2D eigenvalue weighted by atomic mass is 9.67. The highest BCUT2D eigenvalue weighted by molar-refractivity contribution is 5.85. The average Bonchev–Trinajstić information content (AvgIpc) is 3.01. The van der Waals surface area contributed by atoms with Crippen molar-refractivity contribution >= 4 is 11.9 Å². The topological polar surface area (TPSA) is 83.1 Å². The number of amides is 3. The summed E-state index contributed by atoms with van der Waals surface area (Å²) in [7, 11) is 3.02. The monoisotopic (exact) mass is 592 g/mol. The fourth-order valence-corrected chi connectivity index (χ4v) is 6.16. The first kappa shape index (κ1) is 30.3. The third-order valence-corrected chi connectivity index (χ3v) is 8.35. The number of benzene rings is 2. The molecule has 1 saturated heterocycles. The summed E-state index contributed by atoms with van der Waals surface area (Å²) in [5.41, 5.74) is 1.64. The molecule has 1 atom stereocenters. The van der Waals surface area contributed by atoms with Crippen LogP contribution in [0, 0.1) is 5.82 Å². The second kappa shape index (κ2) is 12.6. The molecule has 3 amide bonds. The standard InChI is InChI=1S/C33H38F2N4O4/c1-21(2)23-7-5-6-8-25(23)33(26-10-9-22(43-4)17-27(26)34)20-28-24(18-30(33)35)29(19-31(40)37-28)38-12-14-39(15-13-38)32(41)36-11-16-42-3/h5-10,17-18,20-21H,11-16,19H2,1-4H3,(H,36,41)(H,37,40). The minimum Gasteiger partial charge on any atom is -0.497 e. The SMILES string of the molecule is COCCNC(=O)N1CCN(C2=C3C=C(F)C(c4ccc(OC)cc4F)(c4ccccc4C(C)C)C=C3NC(=O)C2)CC1. The van der Waals surface area contributed by atoms with Crippen molar-refractivity contribution < 1.29 is 27.8 Å². The lowest BCUT2D eigenvalue weighted by Crippen LogP contribution is -2.52. The molecule has 0 radical (unpaired) electrons. The van der Waals surface area contributed by atoms with E-state index in [0.29, 0.717) is 67.6 Å². The van der Waals surface area contributed by atoms with Gasteiger partial charge in [0.25, 0.3) is 0 Å². The lowest BCUT2D eigenvalue weighted by molar-refractivity contribution is -0.120. The van der Waals surface area contributed by atoms with E-state index in [9.17, 15) is 9.59 Å². The van der Waals surface area contributed by atoms with Gasteiger partial charge >= 0.3 is 6.03 Å². The van der Waals surface area contributed by atoms with Crippen molar-refractivity contribution in [3.05, 3.63) is 99.9 Å². The van der Waals surface area contributed by atoms with Crippen LogP contribution in [-0.4, -0.2) is 75.3 Å². The van der Waals surface area contributed by atoms with Crippen LogP contribution in [0.5, 0.6) is 5.75 Å². The van der Waals surface area contributed by atoms with Crippen molar-refractivity contribution in [1.29, 1.82) is 0 Å². The number of methoxy groups -OCH3 is 2. The molecule has 10 heteroatoms. The van der Waals surface area contributed by atoms with Crippen LogP contribution in [0.3, 0.4) is 0 Å². The zero-order valence-electron chi connectivity index (χ0n) is 25.0. The molecule has 5 rings (SSSR count). The zero-order valence-corrected chi connectivity index (χ0v) is 25.0. The van der Waals surface area contributed by atoms with E-state index in [1.54, 1.807) is 30.2 Å². The van der Waals surface area contributed by atoms with Gasteiger partial charge in [-0.1, -0.05) is 44.2 Å². The number of allylic oxidation sites excluding steroid dienone is 3. The summed E-state index contributed by atoms with van der Waals surface area (Å²) in [5.74, 6) is -1.05. The molecule has 1 fully saturated rings. The first-order valence-electron chi connectivity index (χ1n) is 14.5. The van der Waals surface area contributed by atoms with Crippen LogP contribution in [0.1, 0.15) is 42.9 Å². The van der Waals surface area contributed by atoms with Crippen molar-refractivity contribution in [2.45, 2.75) is 31.6 Å². The Labute approximate surface area is 251 Å². The van der Waals surface area contributed by atoms with Gasteiger partial charge in [0, 0.05) is 68.4 Å². The van der Waals surface area contributed by atoms with Gasteiger partial charge in [0.2, 0.25) is 5.91 Å². The van der Waals surface area contributed by atoms with Crippen LogP contribution in [-0.2, 0) is 14.9 Å². The number of fused-ring (bicyclic) bond motifs is 1. The van der Waals surface area contributed by atoms with Gasteiger partial charge in [-0.25, -0.2) is 13.6 Å². The predicted molar refractivity (Wildman–Crippen MR) is 160 cm³/mol. The second-order valence-electron chi connectivity index (χ2n) is 11.2. The minimum absolute atomic E-state index is 0.0250. The molecule has 0 bridgehead atoms. The van der Waals surface area contributed by atoms with Crippen LogP contribution in [0.2, 0.25) is 0 Å². The molecular weight excluding hydrogens is 554 g/mol. The van der Waals surface area contributed by atoms with Crippen LogP contribution in [0.25, 0.3) is 0 Å². The number of nitrogens with zero attached hydrogens (tertiary/aromatic N) is 2. The molecule has 2 heterocycles. The molecule has 2 aromatic rings. The number of halogens is 2. The summed E-state index contributed by atoms with van der Waals surface area (Å²) in [6, 6.07) is 11.7. The lowest BCUT2D eigenvalue weighted by Gasteiger charge is -2.42. The van der Waals surface area contributed by atoms with Crippen molar-refractivity contribution in [2.75, 3.05) is 53.6 Å². The molecule has 1 unspecified atom stereocenters. The van der Waals surface area contributed by atoms with Crippen molar-refractivity contribution in [1.82, 2.24) is 20.4 Å². The average molecular weight is 593 g/mol. The Morgan fingerprint density at radius 2 is 1.81 bits per heavy atom. The van der Waals surface area contributed by atoms with Crippen LogP contribution < -0.4 is 15.4 Å². The molecule has 0 spiro atoms. The van der Waals surface area contributed by atoms with Gasteiger partial charge in [-0.05, 0) is 35.3 Å². The summed E-state index contributed by atoms with van der Waals surface area (Å²) < 4.78 is 43.1. The van der Waals surface area contributed by atoms with E-state index in [4.69, 9.17) is 9.47 Å². The Hall–Kier alpha value is -4.18.